The van der Waals surface area contributed by atoms with Gasteiger partial charge in [0.25, 0.3) is 0 Å². The molecular formula is C15H18ClN5O3S. The van der Waals surface area contributed by atoms with E-state index in [9.17, 15) is 9.59 Å². The molecule has 0 saturated carbocycles. The molecule has 0 radical (unpaired) electrons. The Kier molecular flexibility index (Phi) is 5.77. The Bertz CT molecular complexity index is 802. The fraction of sp³-hybridized carbons (Fsp3) is 0.467. The number of nitrogens with zero attached hydrogens (tertiary/aromatic N) is 3. The normalized spacial score (nSPS) is 18.2. The van der Waals surface area contributed by atoms with Gasteiger partial charge in [-0.3, -0.25) is 9.36 Å². The molecule has 0 unspecified atom stereocenters. The molecule has 2 aromatic rings. The average Bonchev–Trinajstić information content (AvgIpc) is 3.22. The minimum atomic E-state index is -0.477. The highest BCUT2D eigenvalue weighted by atomic mass is 35.5. The summed E-state index contributed by atoms with van der Waals surface area (Å²) in [5.41, 5.74) is 0.140. The molecule has 1 aliphatic heterocycles. The van der Waals surface area contributed by atoms with Crippen molar-refractivity contribution in [2.24, 2.45) is 0 Å². The van der Waals surface area contributed by atoms with Crippen molar-refractivity contribution in [2.75, 3.05) is 11.9 Å². The van der Waals surface area contributed by atoms with Gasteiger partial charge in [-0.2, -0.15) is 0 Å². The SMILES string of the molecule is C[C@H](Sc1n[nH]c(=O)n1C[C@@H]1CCCO1)C(=O)Nc1cccnc1Cl. The highest BCUT2D eigenvalue weighted by Gasteiger charge is 2.23. The highest BCUT2D eigenvalue weighted by Crippen LogP contribution is 2.24. The molecule has 25 heavy (non-hydrogen) atoms. The lowest BCUT2D eigenvalue weighted by Gasteiger charge is -2.14. The van der Waals surface area contributed by atoms with Gasteiger partial charge in [0.05, 0.1) is 23.6 Å². The van der Waals surface area contributed by atoms with Crippen molar-refractivity contribution in [3.63, 3.8) is 0 Å². The smallest absolute Gasteiger partial charge is 0.344 e. The fourth-order valence-corrected chi connectivity index (χ4v) is 3.50. The lowest BCUT2D eigenvalue weighted by atomic mass is 10.2. The van der Waals surface area contributed by atoms with Crippen molar-refractivity contribution in [3.05, 3.63) is 34.0 Å². The number of rotatable bonds is 6. The number of H-pyrrole nitrogens is 1. The van der Waals surface area contributed by atoms with Crippen LogP contribution in [0.5, 0.6) is 0 Å². The van der Waals surface area contributed by atoms with Crippen LogP contribution in [0.3, 0.4) is 0 Å². The first-order valence-electron chi connectivity index (χ1n) is 7.89. The number of hydrogen-bond donors (Lipinski definition) is 2. The van der Waals surface area contributed by atoms with Crippen molar-refractivity contribution in [2.45, 2.75) is 42.8 Å². The monoisotopic (exact) mass is 383 g/mol. The zero-order valence-corrected chi connectivity index (χ0v) is 15.1. The summed E-state index contributed by atoms with van der Waals surface area (Å²) in [5, 5.41) is 9.38. The van der Waals surface area contributed by atoms with E-state index in [1.807, 2.05) is 0 Å². The molecule has 2 atom stereocenters. The third kappa shape index (κ3) is 4.42. The van der Waals surface area contributed by atoms with E-state index >= 15 is 0 Å². The standard InChI is InChI=1S/C15H18ClN5O3S/c1-9(13(22)18-11-5-2-6-17-12(11)16)25-15-20-19-14(23)21(15)8-10-4-3-7-24-10/h2,5-6,9-10H,3-4,7-8H2,1H3,(H,18,22)(H,19,23)/t9-,10-/m0/s1. The van der Waals surface area contributed by atoms with Crippen LogP contribution in [0.25, 0.3) is 0 Å². The molecule has 134 valence electrons. The molecule has 1 amide bonds. The van der Waals surface area contributed by atoms with Crippen molar-refractivity contribution in [1.82, 2.24) is 19.7 Å². The topological polar surface area (TPSA) is 102 Å². The van der Waals surface area contributed by atoms with Crippen molar-refractivity contribution in [1.29, 1.82) is 0 Å². The summed E-state index contributed by atoms with van der Waals surface area (Å²) in [7, 11) is 0. The maximum Gasteiger partial charge on any atom is 0.344 e. The van der Waals surface area contributed by atoms with E-state index in [2.05, 4.69) is 20.5 Å². The quantitative estimate of drug-likeness (QED) is 0.583. The summed E-state index contributed by atoms with van der Waals surface area (Å²) >= 11 is 7.14. The maximum atomic E-state index is 12.4. The van der Waals surface area contributed by atoms with Gasteiger partial charge in [0.15, 0.2) is 10.3 Å². The van der Waals surface area contributed by atoms with Crippen molar-refractivity contribution in [3.8, 4) is 0 Å². The second-order valence-corrected chi connectivity index (χ2v) is 7.31. The van der Waals surface area contributed by atoms with Gasteiger partial charge >= 0.3 is 5.69 Å². The van der Waals surface area contributed by atoms with E-state index < -0.39 is 5.25 Å². The first-order valence-corrected chi connectivity index (χ1v) is 9.15. The first-order chi connectivity index (χ1) is 12.0. The molecule has 0 bridgehead atoms. The molecule has 3 heterocycles. The molecular weight excluding hydrogens is 366 g/mol. The van der Waals surface area contributed by atoms with Crippen LogP contribution in [0.15, 0.2) is 28.3 Å². The van der Waals surface area contributed by atoms with E-state index in [0.29, 0.717) is 24.0 Å². The Morgan fingerprint density at radius 3 is 3.20 bits per heavy atom. The minimum absolute atomic E-state index is 0.00739. The average molecular weight is 384 g/mol. The number of aromatic nitrogens is 4. The van der Waals surface area contributed by atoms with Gasteiger partial charge in [0.1, 0.15) is 0 Å². The van der Waals surface area contributed by atoms with E-state index in [1.165, 1.54) is 16.3 Å². The number of ether oxygens (including phenoxy) is 1. The molecule has 1 saturated heterocycles. The molecule has 2 aromatic heterocycles. The molecule has 8 nitrogen and oxygen atoms in total. The summed E-state index contributed by atoms with van der Waals surface area (Å²) in [4.78, 5) is 28.2. The molecule has 10 heteroatoms. The van der Waals surface area contributed by atoms with Gasteiger partial charge in [-0.1, -0.05) is 23.4 Å². The zero-order valence-electron chi connectivity index (χ0n) is 13.6. The highest BCUT2D eigenvalue weighted by molar-refractivity contribution is 8.00. The Hall–Kier alpha value is -1.84. The second kappa shape index (κ2) is 8.03. The van der Waals surface area contributed by atoms with Crippen molar-refractivity contribution < 1.29 is 9.53 Å². The lowest BCUT2D eigenvalue weighted by Crippen LogP contribution is -2.27. The van der Waals surface area contributed by atoms with Gasteiger partial charge in [0, 0.05) is 12.8 Å². The lowest BCUT2D eigenvalue weighted by molar-refractivity contribution is -0.115. The van der Waals surface area contributed by atoms with E-state index in [0.717, 1.165) is 12.8 Å². The minimum Gasteiger partial charge on any atom is -0.376 e. The molecule has 3 rings (SSSR count). The van der Waals surface area contributed by atoms with Crippen LogP contribution in [-0.4, -0.2) is 43.6 Å². The third-order valence-electron chi connectivity index (χ3n) is 3.80. The third-order valence-corrected chi connectivity index (χ3v) is 5.19. The number of aromatic amines is 1. The number of carbonyl (C=O) groups is 1. The fourth-order valence-electron chi connectivity index (χ4n) is 2.47. The van der Waals surface area contributed by atoms with Crippen LogP contribution >= 0.6 is 23.4 Å². The number of amides is 1. The number of halogens is 1. The van der Waals surface area contributed by atoms with Gasteiger partial charge in [-0.15, -0.1) is 5.10 Å². The van der Waals surface area contributed by atoms with Crippen LogP contribution in [0.2, 0.25) is 5.15 Å². The summed E-state index contributed by atoms with van der Waals surface area (Å²) in [5.74, 6) is -0.251. The predicted molar refractivity (Wildman–Crippen MR) is 95.0 cm³/mol. The van der Waals surface area contributed by atoms with Crippen LogP contribution < -0.4 is 11.0 Å². The van der Waals surface area contributed by atoms with E-state index in [4.69, 9.17) is 16.3 Å². The van der Waals surface area contributed by atoms with E-state index in [1.54, 1.807) is 25.3 Å². The molecule has 0 aliphatic carbocycles. The summed E-state index contributed by atoms with van der Waals surface area (Å²) < 4.78 is 7.08. The van der Waals surface area contributed by atoms with E-state index in [-0.39, 0.29) is 22.9 Å². The molecule has 1 aliphatic rings. The zero-order chi connectivity index (χ0) is 17.8. The van der Waals surface area contributed by atoms with Crippen LogP contribution in [0.1, 0.15) is 19.8 Å². The van der Waals surface area contributed by atoms with Gasteiger partial charge < -0.3 is 10.1 Å². The van der Waals surface area contributed by atoms with Gasteiger partial charge in [-0.05, 0) is 31.9 Å². The molecule has 0 spiro atoms. The number of anilines is 1. The van der Waals surface area contributed by atoms with Gasteiger partial charge in [-0.25, -0.2) is 14.9 Å². The molecule has 2 N–H and O–H groups in total. The number of thioether (sulfide) groups is 1. The van der Waals surface area contributed by atoms with Crippen LogP contribution in [-0.2, 0) is 16.1 Å². The predicted octanol–water partition coefficient (Wildman–Crippen LogP) is 1.92. The molecule has 0 aromatic carbocycles. The largest absolute Gasteiger partial charge is 0.376 e. The number of carbonyl (C=O) groups excluding carboxylic acids is 1. The number of hydrogen-bond acceptors (Lipinski definition) is 6. The Labute approximate surface area is 153 Å². The number of nitrogens with one attached hydrogen (secondary N) is 2. The molecule has 1 fully saturated rings. The second-order valence-electron chi connectivity index (χ2n) is 5.65. The Morgan fingerprint density at radius 2 is 2.48 bits per heavy atom. The summed E-state index contributed by atoms with van der Waals surface area (Å²) in [6.07, 6.45) is 3.46. The van der Waals surface area contributed by atoms with Crippen molar-refractivity contribution >= 4 is 35.0 Å². The van der Waals surface area contributed by atoms with Crippen LogP contribution in [0.4, 0.5) is 5.69 Å². The Morgan fingerprint density at radius 1 is 1.64 bits per heavy atom. The Balaban J connectivity index is 1.66. The maximum absolute atomic E-state index is 12.4. The number of pyridine rings is 1. The summed E-state index contributed by atoms with van der Waals surface area (Å²) in [6.45, 7) is 2.88. The first kappa shape index (κ1) is 18.0. The summed E-state index contributed by atoms with van der Waals surface area (Å²) in [6, 6.07) is 3.36. The van der Waals surface area contributed by atoms with Gasteiger partial charge in [0.2, 0.25) is 5.91 Å². The van der Waals surface area contributed by atoms with Crippen LogP contribution in [0, 0.1) is 0 Å².